The van der Waals surface area contributed by atoms with Gasteiger partial charge in [0.2, 0.25) is 0 Å². The summed E-state index contributed by atoms with van der Waals surface area (Å²) in [5, 5.41) is 0. The second kappa shape index (κ2) is 4.62. The number of halogens is 1. The first-order valence-electron chi connectivity index (χ1n) is 6.22. The minimum atomic E-state index is 0.0402. The highest BCUT2D eigenvalue weighted by Crippen LogP contribution is 2.33. The Bertz CT molecular complexity index is 415. The van der Waals surface area contributed by atoms with Gasteiger partial charge in [0.15, 0.2) is 0 Å². The molecule has 1 atom stereocenters. The van der Waals surface area contributed by atoms with E-state index in [1.807, 2.05) is 0 Å². The van der Waals surface area contributed by atoms with Crippen molar-refractivity contribution in [2.75, 3.05) is 11.4 Å². The van der Waals surface area contributed by atoms with Crippen LogP contribution in [0.25, 0.3) is 0 Å². The fourth-order valence-electron chi connectivity index (χ4n) is 2.57. The molecule has 0 saturated carbocycles. The molecule has 2 rings (SSSR count). The van der Waals surface area contributed by atoms with Crippen LogP contribution in [0.5, 0.6) is 0 Å². The summed E-state index contributed by atoms with van der Waals surface area (Å²) in [7, 11) is 0. The van der Waals surface area contributed by atoms with Gasteiger partial charge < -0.3 is 10.6 Å². The number of rotatable bonds is 1. The van der Waals surface area contributed by atoms with E-state index in [2.05, 4.69) is 59.8 Å². The highest BCUT2D eigenvalue weighted by molar-refractivity contribution is 9.10. The number of hydrogen-bond acceptors (Lipinski definition) is 2. The lowest BCUT2D eigenvalue weighted by Crippen LogP contribution is -2.59. The fraction of sp³-hybridized carbons (Fsp3) is 0.571. The standard InChI is InChI=1S/C14H21BrN2/c1-10-9-11(6-7-12(10)15)17-8-4-5-13(16)14(17,2)3/h6-7,9,13H,4-5,8,16H2,1-3H3. The van der Waals surface area contributed by atoms with Gasteiger partial charge in [-0.2, -0.15) is 0 Å². The lowest BCUT2D eigenvalue weighted by atomic mass is 9.85. The maximum absolute atomic E-state index is 6.26. The number of anilines is 1. The van der Waals surface area contributed by atoms with Crippen LogP contribution in [0.2, 0.25) is 0 Å². The molecule has 1 aliphatic heterocycles. The Hall–Kier alpha value is -0.540. The molecule has 1 saturated heterocycles. The second-order valence-corrected chi connectivity index (χ2v) is 6.34. The van der Waals surface area contributed by atoms with Crippen LogP contribution in [0, 0.1) is 6.92 Å². The van der Waals surface area contributed by atoms with Gasteiger partial charge in [-0.25, -0.2) is 0 Å². The Labute approximate surface area is 112 Å². The van der Waals surface area contributed by atoms with Gasteiger partial charge in [-0.3, -0.25) is 0 Å². The zero-order valence-electron chi connectivity index (χ0n) is 10.8. The maximum atomic E-state index is 6.26. The zero-order chi connectivity index (χ0) is 12.6. The normalized spacial score (nSPS) is 23.8. The van der Waals surface area contributed by atoms with E-state index in [0.29, 0.717) is 0 Å². The molecule has 1 fully saturated rings. The summed E-state index contributed by atoms with van der Waals surface area (Å²) >= 11 is 3.55. The van der Waals surface area contributed by atoms with Crippen molar-refractivity contribution in [3.63, 3.8) is 0 Å². The Morgan fingerprint density at radius 2 is 2.12 bits per heavy atom. The van der Waals surface area contributed by atoms with E-state index in [0.717, 1.165) is 13.0 Å². The highest BCUT2D eigenvalue weighted by Gasteiger charge is 2.36. The van der Waals surface area contributed by atoms with Crippen molar-refractivity contribution in [1.29, 1.82) is 0 Å². The van der Waals surface area contributed by atoms with E-state index in [9.17, 15) is 0 Å². The molecular formula is C14H21BrN2. The molecule has 0 radical (unpaired) electrons. The first kappa shape index (κ1) is 12.9. The van der Waals surface area contributed by atoms with Gasteiger partial charge in [0, 0.05) is 28.3 Å². The third kappa shape index (κ3) is 2.36. The molecule has 0 aromatic heterocycles. The Morgan fingerprint density at radius 1 is 1.41 bits per heavy atom. The molecule has 1 unspecified atom stereocenters. The molecule has 2 nitrogen and oxygen atoms in total. The summed E-state index contributed by atoms with van der Waals surface area (Å²) in [5.41, 5.74) is 8.86. The van der Waals surface area contributed by atoms with Crippen LogP contribution >= 0.6 is 15.9 Å². The summed E-state index contributed by atoms with van der Waals surface area (Å²) in [6, 6.07) is 6.79. The molecule has 1 aliphatic rings. The van der Waals surface area contributed by atoms with E-state index < -0.39 is 0 Å². The van der Waals surface area contributed by atoms with E-state index in [-0.39, 0.29) is 11.6 Å². The lowest BCUT2D eigenvalue weighted by Gasteiger charge is -2.48. The highest BCUT2D eigenvalue weighted by atomic mass is 79.9. The number of piperidine rings is 1. The molecule has 1 heterocycles. The van der Waals surface area contributed by atoms with Crippen LogP contribution in [0.3, 0.4) is 0 Å². The summed E-state index contributed by atoms with van der Waals surface area (Å²) in [4.78, 5) is 2.45. The predicted molar refractivity (Wildman–Crippen MR) is 77.5 cm³/mol. The van der Waals surface area contributed by atoms with Gasteiger partial charge in [0.1, 0.15) is 0 Å². The average Bonchev–Trinajstić information content (AvgIpc) is 2.26. The SMILES string of the molecule is Cc1cc(N2CCCC(N)C2(C)C)ccc1Br. The Kier molecular flexibility index (Phi) is 3.50. The summed E-state index contributed by atoms with van der Waals surface area (Å²) in [6.45, 7) is 7.72. The molecule has 0 spiro atoms. The van der Waals surface area contributed by atoms with Crippen molar-refractivity contribution in [3.8, 4) is 0 Å². The van der Waals surface area contributed by atoms with Crippen molar-refractivity contribution >= 4 is 21.6 Å². The molecule has 3 heteroatoms. The topological polar surface area (TPSA) is 29.3 Å². The largest absolute Gasteiger partial charge is 0.365 e. The van der Waals surface area contributed by atoms with Gasteiger partial charge in [-0.1, -0.05) is 15.9 Å². The van der Waals surface area contributed by atoms with Crippen molar-refractivity contribution in [3.05, 3.63) is 28.2 Å². The van der Waals surface area contributed by atoms with E-state index in [1.54, 1.807) is 0 Å². The molecule has 0 aliphatic carbocycles. The third-order valence-electron chi connectivity index (χ3n) is 3.95. The van der Waals surface area contributed by atoms with Crippen LogP contribution in [0.15, 0.2) is 22.7 Å². The summed E-state index contributed by atoms with van der Waals surface area (Å²) < 4.78 is 1.17. The van der Waals surface area contributed by atoms with Crippen LogP contribution in [0.4, 0.5) is 5.69 Å². The molecule has 1 aromatic carbocycles. The van der Waals surface area contributed by atoms with Gasteiger partial charge in [-0.05, 0) is 57.4 Å². The number of nitrogens with zero attached hydrogens (tertiary/aromatic N) is 1. The van der Waals surface area contributed by atoms with Crippen molar-refractivity contribution < 1.29 is 0 Å². The molecule has 94 valence electrons. The zero-order valence-corrected chi connectivity index (χ0v) is 12.4. The lowest BCUT2D eigenvalue weighted by molar-refractivity contribution is 0.310. The van der Waals surface area contributed by atoms with Crippen molar-refractivity contribution in [2.45, 2.75) is 45.2 Å². The number of nitrogens with two attached hydrogens (primary N) is 1. The summed E-state index contributed by atoms with van der Waals surface area (Å²) in [6.07, 6.45) is 2.30. The third-order valence-corrected chi connectivity index (χ3v) is 4.84. The van der Waals surface area contributed by atoms with Crippen molar-refractivity contribution in [2.24, 2.45) is 5.73 Å². The summed E-state index contributed by atoms with van der Waals surface area (Å²) in [5.74, 6) is 0. The molecular weight excluding hydrogens is 276 g/mol. The monoisotopic (exact) mass is 296 g/mol. The number of benzene rings is 1. The Morgan fingerprint density at radius 3 is 2.76 bits per heavy atom. The van der Waals surface area contributed by atoms with Crippen LogP contribution < -0.4 is 10.6 Å². The molecule has 1 aromatic rings. The van der Waals surface area contributed by atoms with E-state index in [1.165, 1.54) is 22.1 Å². The van der Waals surface area contributed by atoms with Crippen LogP contribution in [0.1, 0.15) is 32.3 Å². The number of hydrogen-bond donors (Lipinski definition) is 1. The number of aryl methyl sites for hydroxylation is 1. The first-order chi connectivity index (χ1) is 7.93. The first-order valence-corrected chi connectivity index (χ1v) is 7.01. The predicted octanol–water partition coefficient (Wildman–Crippen LogP) is 3.46. The van der Waals surface area contributed by atoms with Crippen LogP contribution in [-0.4, -0.2) is 18.1 Å². The van der Waals surface area contributed by atoms with Gasteiger partial charge in [0.05, 0.1) is 0 Å². The minimum absolute atomic E-state index is 0.0402. The molecule has 17 heavy (non-hydrogen) atoms. The molecule has 0 bridgehead atoms. The quantitative estimate of drug-likeness (QED) is 0.860. The molecule has 2 N–H and O–H groups in total. The smallest absolute Gasteiger partial charge is 0.0496 e. The van der Waals surface area contributed by atoms with Gasteiger partial charge in [0.25, 0.3) is 0 Å². The average molecular weight is 297 g/mol. The van der Waals surface area contributed by atoms with E-state index in [4.69, 9.17) is 5.73 Å². The maximum Gasteiger partial charge on any atom is 0.0496 e. The minimum Gasteiger partial charge on any atom is -0.365 e. The fourth-order valence-corrected chi connectivity index (χ4v) is 2.82. The van der Waals surface area contributed by atoms with E-state index >= 15 is 0 Å². The van der Waals surface area contributed by atoms with Crippen LogP contribution in [-0.2, 0) is 0 Å². The van der Waals surface area contributed by atoms with Gasteiger partial charge >= 0.3 is 0 Å². The second-order valence-electron chi connectivity index (χ2n) is 5.49. The van der Waals surface area contributed by atoms with Crippen molar-refractivity contribution in [1.82, 2.24) is 0 Å². The van der Waals surface area contributed by atoms with Gasteiger partial charge in [-0.15, -0.1) is 0 Å². The Balaban J connectivity index is 2.35. The molecule has 0 amide bonds.